The smallest absolute Gasteiger partial charge is 0.0536 e. The molecule has 1 saturated heterocycles. The number of hydrogen-bond acceptors (Lipinski definition) is 3. The van der Waals surface area contributed by atoms with Crippen molar-refractivity contribution in [3.63, 3.8) is 0 Å². The summed E-state index contributed by atoms with van der Waals surface area (Å²) in [6, 6.07) is 6.77. The lowest BCUT2D eigenvalue weighted by Crippen LogP contribution is -2.37. The van der Waals surface area contributed by atoms with Gasteiger partial charge in [-0.2, -0.15) is 0 Å². The number of benzene rings is 1. The van der Waals surface area contributed by atoms with Gasteiger partial charge >= 0.3 is 0 Å². The molecule has 3 nitrogen and oxygen atoms in total. The van der Waals surface area contributed by atoms with Crippen LogP contribution in [0.1, 0.15) is 36.9 Å². The van der Waals surface area contributed by atoms with E-state index in [0.29, 0.717) is 6.04 Å². The molecule has 20 heavy (non-hydrogen) atoms. The highest BCUT2D eigenvalue weighted by molar-refractivity contribution is 9.10. The molecule has 0 aliphatic carbocycles. The van der Waals surface area contributed by atoms with Crippen molar-refractivity contribution in [2.24, 2.45) is 5.41 Å². The summed E-state index contributed by atoms with van der Waals surface area (Å²) in [6.45, 7) is 6.99. The van der Waals surface area contributed by atoms with Gasteiger partial charge in [0, 0.05) is 35.7 Å². The van der Waals surface area contributed by atoms with Crippen molar-refractivity contribution in [2.45, 2.75) is 32.7 Å². The Morgan fingerprint density at radius 2 is 2.30 bits per heavy atom. The van der Waals surface area contributed by atoms with Gasteiger partial charge in [0.15, 0.2) is 0 Å². The summed E-state index contributed by atoms with van der Waals surface area (Å²) in [5.74, 6) is 0. The number of hydrogen-bond donors (Lipinski definition) is 2. The van der Waals surface area contributed by atoms with Gasteiger partial charge in [0.25, 0.3) is 0 Å². The number of nitrogens with one attached hydrogen (secondary N) is 1. The van der Waals surface area contributed by atoms with Crippen LogP contribution in [0.25, 0.3) is 0 Å². The van der Waals surface area contributed by atoms with Crippen molar-refractivity contribution in [3.8, 4) is 0 Å². The molecule has 2 atom stereocenters. The number of halogens is 1. The third-order valence-electron chi connectivity index (χ3n) is 4.29. The Hall–Kier alpha value is -0.420. The van der Waals surface area contributed by atoms with Crippen molar-refractivity contribution in [1.29, 1.82) is 0 Å². The maximum absolute atomic E-state index is 9.25. The van der Waals surface area contributed by atoms with E-state index in [1.54, 1.807) is 0 Å². The molecule has 1 heterocycles. The van der Waals surface area contributed by atoms with E-state index in [2.05, 4.69) is 53.3 Å². The average molecular weight is 342 g/mol. The molecule has 0 aromatic heterocycles. The molecular weight excluding hydrogens is 318 g/mol. The molecular formula is C16H24BrNO2. The summed E-state index contributed by atoms with van der Waals surface area (Å²) in [7, 11) is 0. The fourth-order valence-electron chi connectivity index (χ4n) is 2.74. The zero-order valence-electron chi connectivity index (χ0n) is 12.3. The van der Waals surface area contributed by atoms with Gasteiger partial charge < -0.3 is 15.2 Å². The van der Waals surface area contributed by atoms with Gasteiger partial charge in [-0.15, -0.1) is 0 Å². The first kappa shape index (κ1) is 16.0. The summed E-state index contributed by atoms with van der Waals surface area (Å²) in [5.41, 5.74) is 2.65. The molecule has 0 amide bonds. The first-order valence-corrected chi connectivity index (χ1v) is 8.04. The number of aliphatic hydroxyl groups is 1. The third-order valence-corrected chi connectivity index (χ3v) is 5.18. The lowest BCUT2D eigenvalue weighted by Gasteiger charge is -2.29. The first-order valence-electron chi connectivity index (χ1n) is 7.24. The van der Waals surface area contributed by atoms with Crippen LogP contribution in [0.3, 0.4) is 0 Å². The normalized spacial score (nSPS) is 24.0. The average Bonchev–Trinajstić information content (AvgIpc) is 2.89. The maximum Gasteiger partial charge on any atom is 0.0536 e. The lowest BCUT2D eigenvalue weighted by molar-refractivity contribution is 0.122. The number of ether oxygens (including phenoxy) is 1. The monoisotopic (exact) mass is 341 g/mol. The Kier molecular flexibility index (Phi) is 5.61. The summed E-state index contributed by atoms with van der Waals surface area (Å²) in [6.07, 6.45) is 1.85. The topological polar surface area (TPSA) is 41.5 Å². The van der Waals surface area contributed by atoms with Gasteiger partial charge in [-0.3, -0.25) is 0 Å². The Morgan fingerprint density at radius 1 is 1.50 bits per heavy atom. The SMILES string of the molecule is Cc1cc(C(C)NCC2(CCO)CCOC2)ccc1Br. The van der Waals surface area contributed by atoms with Crippen LogP contribution in [0.15, 0.2) is 22.7 Å². The zero-order chi connectivity index (χ0) is 14.6. The van der Waals surface area contributed by atoms with Gasteiger partial charge in [-0.25, -0.2) is 0 Å². The van der Waals surface area contributed by atoms with Gasteiger partial charge in [0.1, 0.15) is 0 Å². The fourth-order valence-corrected chi connectivity index (χ4v) is 2.98. The number of aliphatic hydroxyl groups excluding tert-OH is 1. The molecule has 1 aliphatic rings. The van der Waals surface area contributed by atoms with E-state index >= 15 is 0 Å². The molecule has 2 rings (SSSR count). The second-order valence-electron chi connectivity index (χ2n) is 5.89. The summed E-state index contributed by atoms with van der Waals surface area (Å²) >= 11 is 3.54. The van der Waals surface area contributed by atoms with Crippen LogP contribution in [0.2, 0.25) is 0 Å². The van der Waals surface area contributed by atoms with Crippen molar-refractivity contribution < 1.29 is 9.84 Å². The molecule has 1 aliphatic heterocycles. The van der Waals surface area contributed by atoms with Crippen LogP contribution < -0.4 is 5.32 Å². The van der Waals surface area contributed by atoms with Crippen LogP contribution in [-0.2, 0) is 4.74 Å². The van der Waals surface area contributed by atoms with Gasteiger partial charge in [0.05, 0.1) is 6.61 Å². The Labute approximate surface area is 129 Å². The zero-order valence-corrected chi connectivity index (χ0v) is 13.9. The second-order valence-corrected chi connectivity index (χ2v) is 6.74. The van der Waals surface area contributed by atoms with Gasteiger partial charge in [-0.05, 0) is 43.9 Å². The molecule has 0 bridgehead atoms. The highest BCUT2D eigenvalue weighted by atomic mass is 79.9. The number of aryl methyl sites for hydroxylation is 1. The molecule has 0 spiro atoms. The van der Waals surface area contributed by atoms with Crippen LogP contribution in [0.4, 0.5) is 0 Å². The molecule has 1 aromatic rings. The second kappa shape index (κ2) is 7.03. The molecule has 4 heteroatoms. The number of rotatable bonds is 6. The maximum atomic E-state index is 9.25. The van der Waals surface area contributed by atoms with E-state index in [9.17, 15) is 5.11 Å². The molecule has 0 saturated carbocycles. The van der Waals surface area contributed by atoms with Crippen LogP contribution >= 0.6 is 15.9 Å². The highest BCUT2D eigenvalue weighted by Crippen LogP contribution is 2.32. The van der Waals surface area contributed by atoms with Crippen molar-refractivity contribution in [2.75, 3.05) is 26.4 Å². The quantitative estimate of drug-likeness (QED) is 0.834. The van der Waals surface area contributed by atoms with E-state index in [4.69, 9.17) is 4.74 Å². The standard InChI is InChI=1S/C16H24BrNO2/c1-12-9-14(3-4-15(12)17)13(2)18-10-16(5-7-19)6-8-20-11-16/h3-4,9,13,18-19H,5-8,10-11H2,1-2H3. The minimum Gasteiger partial charge on any atom is -0.396 e. The van der Waals surface area contributed by atoms with E-state index < -0.39 is 0 Å². The van der Waals surface area contributed by atoms with E-state index in [0.717, 1.165) is 37.1 Å². The Balaban J connectivity index is 1.96. The van der Waals surface area contributed by atoms with Crippen LogP contribution in [-0.4, -0.2) is 31.5 Å². The van der Waals surface area contributed by atoms with Gasteiger partial charge in [0.2, 0.25) is 0 Å². The van der Waals surface area contributed by atoms with Gasteiger partial charge in [-0.1, -0.05) is 28.1 Å². The minimum atomic E-state index is 0.105. The fraction of sp³-hybridized carbons (Fsp3) is 0.625. The minimum absolute atomic E-state index is 0.105. The van der Waals surface area contributed by atoms with E-state index in [1.807, 2.05) is 0 Å². The first-order chi connectivity index (χ1) is 9.56. The Bertz CT molecular complexity index is 444. The van der Waals surface area contributed by atoms with Crippen LogP contribution in [0, 0.1) is 12.3 Å². The van der Waals surface area contributed by atoms with E-state index in [1.165, 1.54) is 11.1 Å². The molecule has 2 unspecified atom stereocenters. The molecule has 0 radical (unpaired) electrons. The van der Waals surface area contributed by atoms with Crippen molar-refractivity contribution >= 4 is 15.9 Å². The predicted octanol–water partition coefficient (Wildman–Crippen LogP) is 3.20. The summed E-state index contributed by atoms with van der Waals surface area (Å²) < 4.78 is 6.68. The Morgan fingerprint density at radius 3 is 2.90 bits per heavy atom. The molecule has 2 N–H and O–H groups in total. The predicted molar refractivity (Wildman–Crippen MR) is 84.9 cm³/mol. The van der Waals surface area contributed by atoms with Crippen LogP contribution in [0.5, 0.6) is 0 Å². The highest BCUT2D eigenvalue weighted by Gasteiger charge is 2.34. The van der Waals surface area contributed by atoms with E-state index in [-0.39, 0.29) is 12.0 Å². The molecule has 1 fully saturated rings. The summed E-state index contributed by atoms with van der Waals surface area (Å²) in [4.78, 5) is 0. The van der Waals surface area contributed by atoms with Crippen molar-refractivity contribution in [3.05, 3.63) is 33.8 Å². The lowest BCUT2D eigenvalue weighted by atomic mass is 9.83. The molecule has 112 valence electrons. The summed E-state index contributed by atoms with van der Waals surface area (Å²) in [5, 5.41) is 12.9. The van der Waals surface area contributed by atoms with Crippen molar-refractivity contribution in [1.82, 2.24) is 5.32 Å². The molecule has 1 aromatic carbocycles. The largest absolute Gasteiger partial charge is 0.396 e. The third kappa shape index (κ3) is 3.82.